The molecule has 0 radical (unpaired) electrons. The van der Waals surface area contributed by atoms with Gasteiger partial charge in [-0.2, -0.15) is 0 Å². The second kappa shape index (κ2) is 14.5. The predicted octanol–water partition coefficient (Wildman–Crippen LogP) is 6.50. The molecule has 1 aromatic heterocycles. The third kappa shape index (κ3) is 7.25. The normalized spacial score (nSPS) is 15.7. The van der Waals surface area contributed by atoms with E-state index in [0.717, 1.165) is 18.4 Å². The lowest BCUT2D eigenvalue weighted by atomic mass is 9.79. The molecule has 4 rings (SSSR count). The maximum Gasteiger partial charge on any atom is 0.336 e. The molecule has 0 fully saturated rings. The molecule has 2 atom stereocenters. The Kier molecular flexibility index (Phi) is 10.6. The summed E-state index contributed by atoms with van der Waals surface area (Å²) in [6.45, 7) is 6.47. The summed E-state index contributed by atoms with van der Waals surface area (Å²) in [7, 11) is 3.06. The molecule has 226 valence electrons. The number of hydrogen-bond donors (Lipinski definition) is 1. The van der Waals surface area contributed by atoms with Gasteiger partial charge in [-0.25, -0.2) is 9.59 Å². The molecular formula is C35H40N2O6. The number of aryl methyl sites for hydroxylation is 1. The minimum absolute atomic E-state index is 0.133. The highest BCUT2D eigenvalue weighted by Gasteiger charge is 2.40. The number of aliphatic carboxylic acids is 1. The third-order valence-electron chi connectivity index (χ3n) is 8.09. The molecule has 0 bridgehead atoms. The van der Waals surface area contributed by atoms with Gasteiger partial charge >= 0.3 is 11.9 Å². The van der Waals surface area contributed by atoms with Crippen molar-refractivity contribution in [2.24, 2.45) is 0 Å². The highest BCUT2D eigenvalue weighted by molar-refractivity contribution is 5.99. The van der Waals surface area contributed by atoms with Crippen molar-refractivity contribution >= 4 is 11.9 Å². The molecule has 1 aliphatic heterocycles. The predicted molar refractivity (Wildman–Crippen MR) is 165 cm³/mol. The summed E-state index contributed by atoms with van der Waals surface area (Å²) < 4.78 is 16.8. The number of carbonyl (C=O) groups is 2. The van der Waals surface area contributed by atoms with Crippen LogP contribution < -0.4 is 9.47 Å². The average molecular weight is 585 g/mol. The molecule has 43 heavy (non-hydrogen) atoms. The van der Waals surface area contributed by atoms with Gasteiger partial charge < -0.3 is 24.2 Å². The molecule has 8 nitrogen and oxygen atoms in total. The van der Waals surface area contributed by atoms with Crippen molar-refractivity contribution < 1.29 is 28.9 Å². The molecule has 3 aromatic rings. The molecule has 0 aliphatic carbocycles. The lowest BCUT2D eigenvalue weighted by molar-refractivity contribution is -0.139. The maximum atomic E-state index is 13.9. The molecule has 0 spiro atoms. The fraction of sp³-hybridized carbons (Fsp3) is 0.343. The number of ether oxygens (including phenoxy) is 3. The number of carbonyl (C=O) groups excluding carboxylic acids is 1. The van der Waals surface area contributed by atoms with E-state index in [4.69, 9.17) is 14.2 Å². The number of nitrogens with zero attached hydrogens (tertiary/aromatic N) is 2. The number of carboxylic acid groups (broad SMARTS) is 1. The number of carboxylic acids is 1. The number of esters is 1. The summed E-state index contributed by atoms with van der Waals surface area (Å²) in [5, 5.41) is 10.5. The molecule has 1 aliphatic rings. The Bertz CT molecular complexity index is 1480. The van der Waals surface area contributed by atoms with Crippen LogP contribution in [0.3, 0.4) is 0 Å². The smallest absolute Gasteiger partial charge is 0.336 e. The zero-order valence-corrected chi connectivity index (χ0v) is 25.5. The minimum Gasteiger partial charge on any atom is -0.493 e. The van der Waals surface area contributed by atoms with Crippen molar-refractivity contribution in [2.45, 2.75) is 51.9 Å². The Labute approximate surface area is 253 Å². The quantitative estimate of drug-likeness (QED) is 0.227. The molecule has 0 amide bonds. The minimum atomic E-state index is -1.09. The summed E-state index contributed by atoms with van der Waals surface area (Å²) in [6, 6.07) is 19.3. The van der Waals surface area contributed by atoms with Crippen molar-refractivity contribution in [1.82, 2.24) is 9.88 Å². The molecule has 8 heteroatoms. The van der Waals surface area contributed by atoms with Crippen LogP contribution in [-0.2, 0) is 20.7 Å². The van der Waals surface area contributed by atoms with Crippen molar-refractivity contribution in [3.8, 4) is 11.5 Å². The third-order valence-corrected chi connectivity index (χ3v) is 8.09. The number of methoxy groups -OCH3 is 2. The number of allylic oxidation sites excluding steroid dienone is 2. The van der Waals surface area contributed by atoms with E-state index in [2.05, 4.69) is 24.0 Å². The monoisotopic (exact) mass is 584 g/mol. The van der Waals surface area contributed by atoms with Crippen LogP contribution in [0.5, 0.6) is 11.5 Å². The van der Waals surface area contributed by atoms with Crippen LogP contribution in [-0.4, -0.2) is 54.3 Å². The van der Waals surface area contributed by atoms with Crippen LogP contribution in [0.1, 0.15) is 62.1 Å². The Morgan fingerprint density at radius 3 is 2.33 bits per heavy atom. The summed E-state index contributed by atoms with van der Waals surface area (Å²) in [5.41, 5.74) is 4.59. The van der Waals surface area contributed by atoms with E-state index in [1.165, 1.54) is 19.8 Å². The van der Waals surface area contributed by atoms with Gasteiger partial charge in [-0.1, -0.05) is 49.4 Å². The summed E-state index contributed by atoms with van der Waals surface area (Å²) in [4.78, 5) is 32.9. The number of aromatic nitrogens is 1. The molecular weight excluding hydrogens is 544 g/mol. The molecule has 2 aromatic carbocycles. The van der Waals surface area contributed by atoms with E-state index in [1.807, 2.05) is 48.4 Å². The van der Waals surface area contributed by atoms with E-state index in [0.29, 0.717) is 47.0 Å². The van der Waals surface area contributed by atoms with Crippen molar-refractivity contribution in [3.05, 3.63) is 112 Å². The highest BCUT2D eigenvalue weighted by atomic mass is 16.5. The SMILES string of the molecule is COc1ccc(C2C(C(=O)O)=C(C)N(CCCc3ccccc3)C(C)=C2C(=O)OCCC(C)c2cccnc2)cc1OC. The fourth-order valence-corrected chi connectivity index (χ4v) is 5.68. The molecule has 1 N–H and O–H groups in total. The van der Waals surface area contributed by atoms with Gasteiger partial charge in [0, 0.05) is 30.3 Å². The molecule has 2 heterocycles. The van der Waals surface area contributed by atoms with Gasteiger partial charge in [0.1, 0.15) is 0 Å². The second-order valence-corrected chi connectivity index (χ2v) is 10.7. The number of pyridine rings is 1. The number of hydrogen-bond acceptors (Lipinski definition) is 7. The summed E-state index contributed by atoms with van der Waals surface area (Å²) in [6.07, 6.45) is 5.74. The Morgan fingerprint density at radius 1 is 0.953 bits per heavy atom. The van der Waals surface area contributed by atoms with Crippen molar-refractivity contribution in [2.75, 3.05) is 27.4 Å². The lowest BCUT2D eigenvalue weighted by Crippen LogP contribution is -2.35. The molecule has 2 unspecified atom stereocenters. The number of benzene rings is 2. The highest BCUT2D eigenvalue weighted by Crippen LogP contribution is 2.44. The van der Waals surface area contributed by atoms with Gasteiger partial charge in [-0.05, 0) is 73.9 Å². The van der Waals surface area contributed by atoms with E-state index in [9.17, 15) is 14.7 Å². The van der Waals surface area contributed by atoms with E-state index < -0.39 is 17.9 Å². The first-order chi connectivity index (χ1) is 20.8. The van der Waals surface area contributed by atoms with Gasteiger partial charge in [0.25, 0.3) is 0 Å². The van der Waals surface area contributed by atoms with Gasteiger partial charge in [-0.3, -0.25) is 4.98 Å². The first kappa shape index (κ1) is 31.3. The van der Waals surface area contributed by atoms with Crippen LogP contribution in [0.2, 0.25) is 0 Å². The largest absolute Gasteiger partial charge is 0.493 e. The van der Waals surface area contributed by atoms with Crippen LogP contribution in [0.25, 0.3) is 0 Å². The average Bonchev–Trinajstić information content (AvgIpc) is 3.02. The van der Waals surface area contributed by atoms with Gasteiger partial charge in [0.2, 0.25) is 0 Å². The Balaban J connectivity index is 1.68. The first-order valence-electron chi connectivity index (χ1n) is 14.5. The van der Waals surface area contributed by atoms with Crippen LogP contribution in [0.15, 0.2) is 95.6 Å². The van der Waals surface area contributed by atoms with E-state index in [1.54, 1.807) is 31.3 Å². The van der Waals surface area contributed by atoms with Gasteiger partial charge in [0.05, 0.1) is 37.9 Å². The maximum absolute atomic E-state index is 13.9. The summed E-state index contributed by atoms with van der Waals surface area (Å²) in [5.74, 6) is -1.38. The number of rotatable bonds is 13. The van der Waals surface area contributed by atoms with Gasteiger partial charge in [0.15, 0.2) is 11.5 Å². The fourth-order valence-electron chi connectivity index (χ4n) is 5.68. The van der Waals surface area contributed by atoms with Crippen LogP contribution in [0, 0.1) is 0 Å². The summed E-state index contributed by atoms with van der Waals surface area (Å²) >= 11 is 0. The zero-order valence-electron chi connectivity index (χ0n) is 25.5. The lowest BCUT2D eigenvalue weighted by Gasteiger charge is -2.37. The van der Waals surface area contributed by atoms with Crippen LogP contribution in [0.4, 0.5) is 0 Å². The topological polar surface area (TPSA) is 98.2 Å². The second-order valence-electron chi connectivity index (χ2n) is 10.7. The Morgan fingerprint density at radius 2 is 1.67 bits per heavy atom. The van der Waals surface area contributed by atoms with E-state index in [-0.39, 0.29) is 18.1 Å². The molecule has 0 saturated heterocycles. The van der Waals surface area contributed by atoms with Crippen molar-refractivity contribution in [3.63, 3.8) is 0 Å². The zero-order chi connectivity index (χ0) is 30.9. The van der Waals surface area contributed by atoms with E-state index >= 15 is 0 Å². The standard InChI is InChI=1S/C35H40N2O6/c1-23(28-14-9-18-36-22-28)17-20-43-35(40)32-25(3)37(19-10-13-26-11-7-6-8-12-26)24(2)31(34(38)39)33(32)27-15-16-29(41-4)30(21-27)42-5/h6-9,11-12,14-16,18,21-23,33H,10,13,17,19-20H2,1-5H3,(H,38,39). The van der Waals surface area contributed by atoms with Crippen LogP contribution >= 0.6 is 0 Å². The van der Waals surface area contributed by atoms with Gasteiger partial charge in [-0.15, -0.1) is 0 Å². The Hall–Kier alpha value is -4.59. The molecule has 0 saturated carbocycles. The van der Waals surface area contributed by atoms with Crippen molar-refractivity contribution in [1.29, 1.82) is 0 Å². The first-order valence-corrected chi connectivity index (χ1v) is 14.5.